The molecule has 0 spiro atoms. The number of nitrogens with two attached hydrogens (primary N) is 1. The van der Waals surface area contributed by atoms with Crippen molar-refractivity contribution in [3.8, 4) is 0 Å². The van der Waals surface area contributed by atoms with E-state index in [1.807, 2.05) is 12.1 Å². The number of rotatable bonds is 1. The molecule has 1 aromatic heterocycles. The van der Waals surface area contributed by atoms with Gasteiger partial charge >= 0.3 is 0 Å². The van der Waals surface area contributed by atoms with Crippen LogP contribution in [0.1, 0.15) is 19.4 Å². The lowest BCUT2D eigenvalue weighted by atomic mass is 9.95. The summed E-state index contributed by atoms with van der Waals surface area (Å²) in [5, 5.41) is 10.8. The van der Waals surface area contributed by atoms with Crippen LogP contribution >= 0.6 is 0 Å². The number of hydrogen-bond acceptors (Lipinski definition) is 3. The van der Waals surface area contributed by atoms with Crippen LogP contribution in [0.15, 0.2) is 28.9 Å². The van der Waals surface area contributed by atoms with Gasteiger partial charge in [-0.05, 0) is 26.0 Å². The fourth-order valence-electron chi connectivity index (χ4n) is 1.56. The maximum Gasteiger partial charge on any atom is 0.135 e. The highest BCUT2D eigenvalue weighted by atomic mass is 16.3. The van der Waals surface area contributed by atoms with Gasteiger partial charge in [-0.2, -0.15) is 0 Å². The largest absolute Gasteiger partial charge is 0.464 e. The Hall–Kier alpha value is -1.48. The minimum atomic E-state index is -0.921. The van der Waals surface area contributed by atoms with Crippen molar-refractivity contribution >= 4 is 16.7 Å². The number of nitrogen functional groups attached to an aromatic ring is 1. The van der Waals surface area contributed by atoms with E-state index in [0.717, 1.165) is 16.5 Å². The summed E-state index contributed by atoms with van der Waals surface area (Å²) >= 11 is 0. The average molecular weight is 191 g/mol. The molecule has 14 heavy (non-hydrogen) atoms. The molecule has 0 aliphatic heterocycles. The fourth-order valence-corrected chi connectivity index (χ4v) is 1.56. The van der Waals surface area contributed by atoms with Crippen molar-refractivity contribution in [2.75, 3.05) is 5.73 Å². The van der Waals surface area contributed by atoms with E-state index in [1.165, 1.54) is 0 Å². The van der Waals surface area contributed by atoms with Crippen LogP contribution in [-0.2, 0) is 5.60 Å². The summed E-state index contributed by atoms with van der Waals surface area (Å²) in [5.74, 6) is 0. The van der Waals surface area contributed by atoms with Gasteiger partial charge in [0.15, 0.2) is 0 Å². The third-order valence-corrected chi connectivity index (χ3v) is 2.28. The summed E-state index contributed by atoms with van der Waals surface area (Å²) in [7, 11) is 0. The van der Waals surface area contributed by atoms with Crippen molar-refractivity contribution < 1.29 is 9.52 Å². The molecule has 1 heterocycles. The minimum absolute atomic E-state index is 0.556. The zero-order valence-electron chi connectivity index (χ0n) is 8.24. The molecule has 0 fully saturated rings. The van der Waals surface area contributed by atoms with E-state index in [-0.39, 0.29) is 0 Å². The van der Waals surface area contributed by atoms with Gasteiger partial charge in [0, 0.05) is 22.7 Å². The quantitative estimate of drug-likeness (QED) is 0.679. The molecule has 0 radical (unpaired) electrons. The minimum Gasteiger partial charge on any atom is -0.464 e. The first-order chi connectivity index (χ1) is 6.48. The van der Waals surface area contributed by atoms with Crippen LogP contribution in [0.25, 0.3) is 11.0 Å². The Morgan fingerprint density at radius 3 is 2.71 bits per heavy atom. The number of fused-ring (bicyclic) bond motifs is 1. The molecule has 3 nitrogen and oxygen atoms in total. The van der Waals surface area contributed by atoms with Crippen LogP contribution < -0.4 is 5.73 Å². The number of furan rings is 1. The molecular weight excluding hydrogens is 178 g/mol. The number of hydrogen-bond donors (Lipinski definition) is 2. The molecule has 0 amide bonds. The highest BCUT2D eigenvalue weighted by Gasteiger charge is 2.19. The molecule has 0 aliphatic rings. The topological polar surface area (TPSA) is 59.4 Å². The lowest BCUT2D eigenvalue weighted by Crippen LogP contribution is -2.17. The van der Waals surface area contributed by atoms with Crippen LogP contribution in [0.4, 0.5) is 5.69 Å². The van der Waals surface area contributed by atoms with Crippen LogP contribution in [0.3, 0.4) is 0 Å². The lowest BCUT2D eigenvalue weighted by molar-refractivity contribution is 0.0795. The van der Waals surface area contributed by atoms with E-state index >= 15 is 0 Å². The third-order valence-electron chi connectivity index (χ3n) is 2.28. The summed E-state index contributed by atoms with van der Waals surface area (Å²) in [5.41, 5.74) is 6.92. The molecule has 0 saturated heterocycles. The monoisotopic (exact) mass is 191 g/mol. The Labute approximate surface area is 82.1 Å². The van der Waals surface area contributed by atoms with Gasteiger partial charge < -0.3 is 15.3 Å². The van der Waals surface area contributed by atoms with Gasteiger partial charge in [0.05, 0.1) is 11.9 Å². The van der Waals surface area contributed by atoms with Crippen molar-refractivity contribution in [3.05, 3.63) is 30.0 Å². The highest BCUT2D eigenvalue weighted by molar-refractivity contribution is 5.82. The molecule has 0 aliphatic carbocycles. The standard InChI is InChI=1S/C11H13NO2/c1-11(2,13)8-5-7-3-4-14-10(7)6-9(8)12/h3-6,13H,12H2,1-2H3. The zero-order valence-corrected chi connectivity index (χ0v) is 8.24. The predicted molar refractivity (Wildman–Crippen MR) is 55.9 cm³/mol. The molecular formula is C11H13NO2. The van der Waals surface area contributed by atoms with Gasteiger partial charge in [0.1, 0.15) is 5.58 Å². The van der Waals surface area contributed by atoms with Crippen LogP contribution in [0, 0.1) is 0 Å². The molecule has 2 rings (SSSR count). The van der Waals surface area contributed by atoms with Gasteiger partial charge in [-0.25, -0.2) is 0 Å². The normalized spacial score (nSPS) is 12.2. The molecule has 0 unspecified atom stereocenters. The van der Waals surface area contributed by atoms with Gasteiger partial charge in [-0.3, -0.25) is 0 Å². The third kappa shape index (κ3) is 1.36. The molecule has 0 atom stereocenters. The maximum atomic E-state index is 9.86. The molecule has 3 N–H and O–H groups in total. The van der Waals surface area contributed by atoms with Crippen molar-refractivity contribution in [3.63, 3.8) is 0 Å². The second kappa shape index (κ2) is 2.75. The number of anilines is 1. The van der Waals surface area contributed by atoms with E-state index < -0.39 is 5.60 Å². The Morgan fingerprint density at radius 1 is 1.36 bits per heavy atom. The van der Waals surface area contributed by atoms with Gasteiger partial charge in [0.25, 0.3) is 0 Å². The van der Waals surface area contributed by atoms with Crippen molar-refractivity contribution in [1.29, 1.82) is 0 Å². The summed E-state index contributed by atoms with van der Waals surface area (Å²) < 4.78 is 5.20. The SMILES string of the molecule is CC(C)(O)c1cc2ccoc2cc1N. The number of benzene rings is 1. The Kier molecular flexibility index (Phi) is 1.79. The van der Waals surface area contributed by atoms with E-state index in [0.29, 0.717) is 5.69 Å². The van der Waals surface area contributed by atoms with Crippen LogP contribution in [-0.4, -0.2) is 5.11 Å². The first-order valence-corrected chi connectivity index (χ1v) is 4.48. The van der Waals surface area contributed by atoms with Gasteiger partial charge in [0.2, 0.25) is 0 Å². The second-order valence-electron chi connectivity index (χ2n) is 3.96. The van der Waals surface area contributed by atoms with Crippen LogP contribution in [0.2, 0.25) is 0 Å². The molecule has 0 bridgehead atoms. The van der Waals surface area contributed by atoms with E-state index in [1.54, 1.807) is 26.2 Å². The predicted octanol–water partition coefficient (Wildman–Crippen LogP) is 2.24. The lowest BCUT2D eigenvalue weighted by Gasteiger charge is -2.19. The van der Waals surface area contributed by atoms with E-state index in [2.05, 4.69) is 0 Å². The summed E-state index contributed by atoms with van der Waals surface area (Å²) in [4.78, 5) is 0. The molecule has 0 saturated carbocycles. The van der Waals surface area contributed by atoms with E-state index in [4.69, 9.17) is 10.2 Å². The Balaban J connectivity index is 2.71. The van der Waals surface area contributed by atoms with Gasteiger partial charge in [-0.15, -0.1) is 0 Å². The molecule has 74 valence electrons. The maximum absolute atomic E-state index is 9.86. The fraction of sp³-hybridized carbons (Fsp3) is 0.273. The summed E-state index contributed by atoms with van der Waals surface area (Å²) in [6.45, 7) is 3.43. The van der Waals surface area contributed by atoms with Crippen molar-refractivity contribution in [2.24, 2.45) is 0 Å². The zero-order chi connectivity index (χ0) is 10.3. The smallest absolute Gasteiger partial charge is 0.135 e. The first kappa shape index (κ1) is 9.09. The molecule has 1 aromatic carbocycles. The van der Waals surface area contributed by atoms with Crippen LogP contribution in [0.5, 0.6) is 0 Å². The first-order valence-electron chi connectivity index (χ1n) is 4.48. The molecule has 2 aromatic rings. The summed E-state index contributed by atoms with van der Waals surface area (Å²) in [6, 6.07) is 5.45. The Bertz CT molecular complexity index is 466. The van der Waals surface area contributed by atoms with E-state index in [9.17, 15) is 5.11 Å². The van der Waals surface area contributed by atoms with Crippen molar-refractivity contribution in [1.82, 2.24) is 0 Å². The second-order valence-corrected chi connectivity index (χ2v) is 3.96. The Morgan fingerprint density at radius 2 is 2.07 bits per heavy atom. The summed E-state index contributed by atoms with van der Waals surface area (Å²) in [6.07, 6.45) is 1.61. The van der Waals surface area contributed by atoms with Crippen molar-refractivity contribution in [2.45, 2.75) is 19.4 Å². The van der Waals surface area contributed by atoms with Gasteiger partial charge in [-0.1, -0.05) is 0 Å². The average Bonchev–Trinajstić information content (AvgIpc) is 2.47. The molecule has 3 heteroatoms. The number of aliphatic hydroxyl groups is 1. The highest BCUT2D eigenvalue weighted by Crippen LogP contribution is 2.30.